The average Bonchev–Trinajstić information content (AvgIpc) is 2.97. The van der Waals surface area contributed by atoms with Gasteiger partial charge in [0.25, 0.3) is 5.91 Å². The van der Waals surface area contributed by atoms with Crippen molar-refractivity contribution in [1.82, 2.24) is 10.2 Å². The predicted octanol–water partition coefficient (Wildman–Crippen LogP) is 6.11. The van der Waals surface area contributed by atoms with Crippen molar-refractivity contribution in [3.63, 3.8) is 0 Å². The van der Waals surface area contributed by atoms with Gasteiger partial charge in [0, 0.05) is 17.5 Å². The Labute approximate surface area is 192 Å². The number of carbonyl (C=O) groups excluding carboxylic acids is 1. The molecule has 0 aliphatic heterocycles. The van der Waals surface area contributed by atoms with E-state index in [1.165, 1.54) is 16.7 Å². The van der Waals surface area contributed by atoms with Gasteiger partial charge >= 0.3 is 0 Å². The van der Waals surface area contributed by atoms with Gasteiger partial charge in [-0.15, -0.1) is 12.4 Å². The third-order valence-corrected chi connectivity index (χ3v) is 6.00. The van der Waals surface area contributed by atoms with Crippen LogP contribution in [0.5, 0.6) is 0 Å². The van der Waals surface area contributed by atoms with E-state index < -0.39 is 0 Å². The molecule has 0 aliphatic rings. The van der Waals surface area contributed by atoms with Gasteiger partial charge in [0.1, 0.15) is 5.58 Å². The molecule has 0 saturated carbocycles. The molecule has 0 radical (unpaired) electrons. The van der Waals surface area contributed by atoms with Crippen molar-refractivity contribution in [2.24, 2.45) is 0 Å². The van der Waals surface area contributed by atoms with Crippen molar-refractivity contribution in [3.8, 4) is 0 Å². The molecule has 0 fully saturated rings. The summed E-state index contributed by atoms with van der Waals surface area (Å²) in [6, 6.07) is 12.9. The number of halogens is 1. The minimum atomic E-state index is -0.169. The Kier molecular flexibility index (Phi) is 7.61. The lowest BCUT2D eigenvalue weighted by atomic mass is 9.86. The number of nitrogens with zero attached hydrogens (tertiary/aromatic N) is 1. The third kappa shape index (κ3) is 5.31. The van der Waals surface area contributed by atoms with Gasteiger partial charge in [-0.1, -0.05) is 45.0 Å². The summed E-state index contributed by atoms with van der Waals surface area (Å²) in [6.07, 6.45) is 0. The van der Waals surface area contributed by atoms with E-state index in [1.807, 2.05) is 27.1 Å². The largest absolute Gasteiger partial charge is 0.451 e. The molecule has 4 nitrogen and oxygen atoms in total. The van der Waals surface area contributed by atoms with Crippen molar-refractivity contribution < 1.29 is 9.21 Å². The molecule has 31 heavy (non-hydrogen) atoms. The van der Waals surface area contributed by atoms with Gasteiger partial charge in [0.2, 0.25) is 0 Å². The van der Waals surface area contributed by atoms with Gasteiger partial charge in [0.05, 0.1) is 6.04 Å². The van der Waals surface area contributed by atoms with Crippen molar-refractivity contribution in [2.75, 3.05) is 20.6 Å². The molecule has 3 aromatic rings. The van der Waals surface area contributed by atoms with E-state index in [4.69, 9.17) is 4.42 Å². The van der Waals surface area contributed by atoms with E-state index in [1.54, 1.807) is 0 Å². The SMILES string of the molecule is Cc1cc2oc(C(=O)NCC(c3ccc(C(C)(C)C)cc3)N(C)C)c(C)c2cc1C.Cl. The molecule has 168 valence electrons. The number of rotatable bonds is 5. The molecule has 0 saturated heterocycles. The Hall–Kier alpha value is -2.30. The summed E-state index contributed by atoms with van der Waals surface area (Å²) in [7, 11) is 4.07. The number of benzene rings is 2. The Morgan fingerprint density at radius 1 is 1.03 bits per heavy atom. The summed E-state index contributed by atoms with van der Waals surface area (Å²) >= 11 is 0. The van der Waals surface area contributed by atoms with Crippen molar-refractivity contribution in [2.45, 2.75) is 53.0 Å². The molecule has 0 aliphatic carbocycles. The minimum absolute atomic E-state index is 0. The smallest absolute Gasteiger partial charge is 0.287 e. The van der Waals surface area contributed by atoms with E-state index in [2.05, 4.69) is 75.2 Å². The number of fused-ring (bicyclic) bond motifs is 1. The zero-order valence-corrected chi connectivity index (χ0v) is 20.7. The van der Waals surface area contributed by atoms with E-state index in [0.717, 1.165) is 22.1 Å². The molecular formula is C26H35ClN2O2. The molecule has 1 N–H and O–H groups in total. The van der Waals surface area contributed by atoms with E-state index in [-0.39, 0.29) is 29.8 Å². The molecule has 3 rings (SSSR count). The molecule has 1 aromatic heterocycles. The fraction of sp³-hybridized carbons (Fsp3) is 0.423. The molecule has 1 heterocycles. The normalized spacial score (nSPS) is 12.7. The predicted molar refractivity (Wildman–Crippen MR) is 132 cm³/mol. The molecule has 1 amide bonds. The van der Waals surface area contributed by atoms with Crippen LogP contribution in [-0.4, -0.2) is 31.4 Å². The van der Waals surface area contributed by atoms with Gasteiger partial charge in [-0.3, -0.25) is 4.79 Å². The van der Waals surface area contributed by atoms with Crippen LogP contribution < -0.4 is 5.32 Å². The topological polar surface area (TPSA) is 45.5 Å². The average molecular weight is 443 g/mol. The number of hydrogen-bond donors (Lipinski definition) is 1. The second-order valence-electron chi connectivity index (χ2n) is 9.55. The second kappa shape index (κ2) is 9.46. The molecule has 0 spiro atoms. The van der Waals surface area contributed by atoms with Crippen LogP contribution in [-0.2, 0) is 5.41 Å². The first-order valence-electron chi connectivity index (χ1n) is 10.5. The van der Waals surface area contributed by atoms with Crippen LogP contribution in [0, 0.1) is 20.8 Å². The summed E-state index contributed by atoms with van der Waals surface area (Å²) < 4.78 is 5.92. The van der Waals surface area contributed by atoms with Gasteiger partial charge in [-0.2, -0.15) is 0 Å². The maximum Gasteiger partial charge on any atom is 0.287 e. The number of hydrogen-bond acceptors (Lipinski definition) is 3. The fourth-order valence-corrected chi connectivity index (χ4v) is 3.77. The van der Waals surface area contributed by atoms with Crippen LogP contribution >= 0.6 is 12.4 Å². The lowest BCUT2D eigenvalue weighted by Gasteiger charge is -2.26. The molecular weight excluding hydrogens is 408 g/mol. The number of furan rings is 1. The number of aryl methyl sites for hydroxylation is 3. The monoisotopic (exact) mass is 442 g/mol. The third-order valence-electron chi connectivity index (χ3n) is 6.00. The fourth-order valence-electron chi connectivity index (χ4n) is 3.77. The highest BCUT2D eigenvalue weighted by Crippen LogP contribution is 2.29. The Morgan fingerprint density at radius 2 is 1.61 bits per heavy atom. The Morgan fingerprint density at radius 3 is 2.16 bits per heavy atom. The van der Waals surface area contributed by atoms with Gasteiger partial charge in [0.15, 0.2) is 5.76 Å². The van der Waals surface area contributed by atoms with E-state index in [9.17, 15) is 4.79 Å². The van der Waals surface area contributed by atoms with Gasteiger partial charge < -0.3 is 14.6 Å². The number of nitrogens with one attached hydrogen (secondary N) is 1. The number of likely N-dealkylation sites (N-methyl/N-ethyl adjacent to an activating group) is 1. The van der Waals surface area contributed by atoms with Gasteiger partial charge in [-0.05, 0) is 74.7 Å². The van der Waals surface area contributed by atoms with Crippen molar-refractivity contribution in [1.29, 1.82) is 0 Å². The first-order valence-corrected chi connectivity index (χ1v) is 10.5. The summed E-state index contributed by atoms with van der Waals surface area (Å²) in [5.74, 6) is 0.229. The zero-order valence-electron chi connectivity index (χ0n) is 19.9. The highest BCUT2D eigenvalue weighted by Gasteiger charge is 2.21. The second-order valence-corrected chi connectivity index (χ2v) is 9.55. The van der Waals surface area contributed by atoms with Crippen LogP contribution in [0.25, 0.3) is 11.0 Å². The standard InChI is InChI=1S/C26H34N2O2.ClH/c1-16-13-21-18(3)24(30-23(21)14-17(16)2)25(29)27-15-22(28(7)8)19-9-11-20(12-10-19)26(4,5)6;/h9-14,22H,15H2,1-8H3,(H,27,29);1H. The van der Waals surface area contributed by atoms with Crippen LogP contribution in [0.15, 0.2) is 40.8 Å². The molecule has 0 bridgehead atoms. The van der Waals surface area contributed by atoms with E-state index in [0.29, 0.717) is 12.3 Å². The highest BCUT2D eigenvalue weighted by molar-refractivity contribution is 5.99. The Bertz CT molecular complexity index is 1060. The highest BCUT2D eigenvalue weighted by atomic mass is 35.5. The Balaban J connectivity index is 0.00000341. The quantitative estimate of drug-likeness (QED) is 0.518. The van der Waals surface area contributed by atoms with Crippen LogP contribution in [0.2, 0.25) is 0 Å². The first kappa shape index (κ1) is 25.0. The summed E-state index contributed by atoms with van der Waals surface area (Å²) in [6.45, 7) is 13.2. The summed E-state index contributed by atoms with van der Waals surface area (Å²) in [5, 5.41) is 4.09. The summed E-state index contributed by atoms with van der Waals surface area (Å²) in [5.41, 5.74) is 6.62. The van der Waals surface area contributed by atoms with Crippen LogP contribution in [0.1, 0.15) is 65.2 Å². The molecule has 5 heteroatoms. The minimum Gasteiger partial charge on any atom is -0.451 e. The van der Waals surface area contributed by atoms with Crippen LogP contribution in [0.3, 0.4) is 0 Å². The first-order chi connectivity index (χ1) is 14.0. The van der Waals surface area contributed by atoms with E-state index >= 15 is 0 Å². The van der Waals surface area contributed by atoms with Crippen molar-refractivity contribution >= 4 is 29.3 Å². The lowest BCUT2D eigenvalue weighted by molar-refractivity contribution is 0.0915. The molecule has 2 aromatic carbocycles. The van der Waals surface area contributed by atoms with Crippen molar-refractivity contribution in [3.05, 3.63) is 70.0 Å². The molecule has 1 unspecified atom stereocenters. The number of carbonyl (C=O) groups is 1. The molecule has 1 atom stereocenters. The number of amides is 1. The van der Waals surface area contributed by atoms with Crippen LogP contribution in [0.4, 0.5) is 0 Å². The zero-order chi connectivity index (χ0) is 22.2. The lowest BCUT2D eigenvalue weighted by Crippen LogP contribution is -2.34. The maximum atomic E-state index is 12.9. The maximum absolute atomic E-state index is 12.9. The van der Waals surface area contributed by atoms with Gasteiger partial charge in [-0.25, -0.2) is 0 Å². The summed E-state index contributed by atoms with van der Waals surface area (Å²) in [4.78, 5) is 15.1.